The summed E-state index contributed by atoms with van der Waals surface area (Å²) in [6.45, 7) is 5.44. The van der Waals surface area contributed by atoms with E-state index in [0.29, 0.717) is 36.2 Å². The van der Waals surface area contributed by atoms with Crippen LogP contribution in [0.25, 0.3) is 0 Å². The van der Waals surface area contributed by atoms with E-state index >= 15 is 0 Å². The number of rotatable bonds is 4. The summed E-state index contributed by atoms with van der Waals surface area (Å²) in [5, 5.41) is 9.94. The van der Waals surface area contributed by atoms with Crippen molar-refractivity contribution in [3.8, 4) is 5.88 Å². The summed E-state index contributed by atoms with van der Waals surface area (Å²) in [5.74, 6) is 0.552. The zero-order chi connectivity index (χ0) is 15.4. The first kappa shape index (κ1) is 16.0. The molecule has 1 fully saturated rings. The van der Waals surface area contributed by atoms with Gasteiger partial charge in [-0.1, -0.05) is 11.6 Å². The van der Waals surface area contributed by atoms with Crippen LogP contribution in [-0.4, -0.2) is 46.7 Å². The maximum atomic E-state index is 12.4. The maximum absolute atomic E-state index is 12.4. The molecule has 1 aliphatic rings. The third-order valence-corrected chi connectivity index (χ3v) is 4.12. The summed E-state index contributed by atoms with van der Waals surface area (Å²) >= 11 is 6.06. The van der Waals surface area contributed by atoms with E-state index in [4.69, 9.17) is 16.3 Å². The van der Waals surface area contributed by atoms with Crippen molar-refractivity contribution < 1.29 is 14.6 Å². The van der Waals surface area contributed by atoms with Gasteiger partial charge >= 0.3 is 0 Å². The molecule has 0 radical (unpaired) electrons. The molecule has 1 N–H and O–H groups in total. The molecule has 5 nitrogen and oxygen atoms in total. The van der Waals surface area contributed by atoms with Crippen LogP contribution in [0.5, 0.6) is 5.88 Å². The number of hydrogen-bond acceptors (Lipinski definition) is 4. The number of piperidine rings is 1. The molecule has 1 aromatic heterocycles. The monoisotopic (exact) mass is 312 g/mol. The van der Waals surface area contributed by atoms with Crippen molar-refractivity contribution in [1.82, 2.24) is 9.88 Å². The molecule has 2 rings (SSSR count). The predicted octanol–water partition coefficient (Wildman–Crippen LogP) is 2.37. The second-order valence-corrected chi connectivity index (χ2v) is 5.72. The van der Waals surface area contributed by atoms with Gasteiger partial charge in [-0.25, -0.2) is 4.98 Å². The number of aliphatic hydroxyl groups is 1. The number of amides is 1. The van der Waals surface area contributed by atoms with Crippen molar-refractivity contribution >= 4 is 17.5 Å². The Balaban J connectivity index is 2.02. The summed E-state index contributed by atoms with van der Waals surface area (Å²) in [4.78, 5) is 18.3. The molecule has 21 heavy (non-hydrogen) atoms. The molecular weight excluding hydrogens is 292 g/mol. The van der Waals surface area contributed by atoms with Crippen LogP contribution in [0.15, 0.2) is 12.3 Å². The van der Waals surface area contributed by atoms with Crippen molar-refractivity contribution in [2.45, 2.75) is 32.8 Å². The number of carbonyl (C=O) groups excluding carboxylic acids is 1. The molecule has 1 aromatic rings. The molecule has 1 amide bonds. The first-order valence-electron chi connectivity index (χ1n) is 7.28. The topological polar surface area (TPSA) is 62.7 Å². The Labute approximate surface area is 129 Å². The minimum atomic E-state index is -0.316. The number of carbonyl (C=O) groups is 1. The number of likely N-dealkylation sites (tertiary alicyclic amines) is 1. The van der Waals surface area contributed by atoms with Crippen LogP contribution >= 0.6 is 11.6 Å². The summed E-state index contributed by atoms with van der Waals surface area (Å²) in [6, 6.07) is 1.60. The molecule has 2 heterocycles. The van der Waals surface area contributed by atoms with Gasteiger partial charge in [0.15, 0.2) is 0 Å². The van der Waals surface area contributed by atoms with Gasteiger partial charge in [-0.3, -0.25) is 4.79 Å². The van der Waals surface area contributed by atoms with E-state index in [0.717, 1.165) is 12.8 Å². The summed E-state index contributed by atoms with van der Waals surface area (Å²) in [7, 11) is 0. The summed E-state index contributed by atoms with van der Waals surface area (Å²) in [6.07, 6.45) is 2.83. The number of aliphatic hydroxyl groups excluding tert-OH is 1. The van der Waals surface area contributed by atoms with Gasteiger partial charge in [0.05, 0.1) is 18.3 Å². The summed E-state index contributed by atoms with van der Waals surface area (Å²) in [5.41, 5.74) is 0.471. The van der Waals surface area contributed by atoms with Gasteiger partial charge in [0, 0.05) is 19.3 Å². The number of hydrogen-bond donors (Lipinski definition) is 1. The van der Waals surface area contributed by atoms with Crippen LogP contribution in [0.2, 0.25) is 5.02 Å². The molecule has 1 unspecified atom stereocenters. The molecule has 6 heteroatoms. The third-order valence-electron chi connectivity index (χ3n) is 3.84. The van der Waals surface area contributed by atoms with Crippen LogP contribution in [0, 0.1) is 5.92 Å². The molecular formula is C15H21ClN2O3. The average Bonchev–Trinajstić information content (AvgIpc) is 2.49. The molecule has 116 valence electrons. The lowest BCUT2D eigenvalue weighted by molar-refractivity contribution is 0.0521. The van der Waals surface area contributed by atoms with Crippen molar-refractivity contribution in [2.75, 3.05) is 19.7 Å². The van der Waals surface area contributed by atoms with Gasteiger partial charge in [0.1, 0.15) is 5.02 Å². The quantitative estimate of drug-likeness (QED) is 0.927. The Morgan fingerprint density at radius 3 is 2.76 bits per heavy atom. The van der Waals surface area contributed by atoms with E-state index in [9.17, 15) is 9.90 Å². The lowest BCUT2D eigenvalue weighted by atomic mass is 9.92. The maximum Gasteiger partial charge on any atom is 0.255 e. The van der Waals surface area contributed by atoms with Crippen molar-refractivity contribution in [3.63, 3.8) is 0 Å². The van der Waals surface area contributed by atoms with Crippen molar-refractivity contribution in [1.29, 1.82) is 0 Å². The standard InChI is InChI=1S/C15H21ClN2O3/c1-3-21-14-13(16)8-12(9-17-14)15(20)18-6-4-11(5-7-18)10(2)19/h8-11,19H,3-7H2,1-2H3. The van der Waals surface area contributed by atoms with E-state index in [1.165, 1.54) is 6.20 Å². The number of pyridine rings is 1. The zero-order valence-corrected chi connectivity index (χ0v) is 13.1. The van der Waals surface area contributed by atoms with Crippen LogP contribution in [0.3, 0.4) is 0 Å². The molecule has 0 aliphatic carbocycles. The SMILES string of the molecule is CCOc1ncc(C(=O)N2CCC(C(C)O)CC2)cc1Cl. The highest BCUT2D eigenvalue weighted by atomic mass is 35.5. The third kappa shape index (κ3) is 3.86. The Morgan fingerprint density at radius 1 is 1.57 bits per heavy atom. The zero-order valence-electron chi connectivity index (χ0n) is 12.4. The minimum absolute atomic E-state index is 0.0727. The number of halogens is 1. The van der Waals surface area contributed by atoms with Gasteiger partial charge in [0.25, 0.3) is 5.91 Å². The second kappa shape index (κ2) is 7.09. The number of nitrogens with zero attached hydrogens (tertiary/aromatic N) is 2. The Morgan fingerprint density at radius 2 is 2.24 bits per heavy atom. The first-order chi connectivity index (χ1) is 10.0. The fourth-order valence-electron chi connectivity index (χ4n) is 2.55. The fourth-order valence-corrected chi connectivity index (χ4v) is 2.77. The van der Waals surface area contributed by atoms with Crippen molar-refractivity contribution in [2.24, 2.45) is 5.92 Å². The van der Waals surface area contributed by atoms with Crippen LogP contribution in [-0.2, 0) is 0 Å². The van der Waals surface area contributed by atoms with Crippen molar-refractivity contribution in [3.05, 3.63) is 22.8 Å². The molecule has 1 atom stereocenters. The Bertz CT molecular complexity index is 500. The van der Waals surface area contributed by atoms with E-state index in [1.807, 2.05) is 6.92 Å². The molecule has 0 bridgehead atoms. The minimum Gasteiger partial charge on any atom is -0.477 e. The highest BCUT2D eigenvalue weighted by Crippen LogP contribution is 2.25. The molecule has 1 saturated heterocycles. The molecule has 0 aromatic carbocycles. The van der Waals surface area contributed by atoms with Gasteiger partial charge < -0.3 is 14.7 Å². The van der Waals surface area contributed by atoms with Crippen LogP contribution in [0.4, 0.5) is 0 Å². The lowest BCUT2D eigenvalue weighted by Gasteiger charge is -2.33. The first-order valence-corrected chi connectivity index (χ1v) is 7.66. The van der Waals surface area contributed by atoms with Gasteiger partial charge in [-0.15, -0.1) is 0 Å². The van der Waals surface area contributed by atoms with E-state index in [-0.39, 0.29) is 17.9 Å². The smallest absolute Gasteiger partial charge is 0.255 e. The lowest BCUT2D eigenvalue weighted by Crippen LogP contribution is -2.40. The van der Waals surface area contributed by atoms with Crippen LogP contribution in [0.1, 0.15) is 37.0 Å². The highest BCUT2D eigenvalue weighted by molar-refractivity contribution is 6.32. The largest absolute Gasteiger partial charge is 0.477 e. The molecule has 0 spiro atoms. The Kier molecular flexibility index (Phi) is 5.42. The molecule has 1 aliphatic heterocycles. The van der Waals surface area contributed by atoms with E-state index in [1.54, 1.807) is 17.9 Å². The predicted molar refractivity (Wildman–Crippen MR) is 80.7 cm³/mol. The average molecular weight is 313 g/mol. The van der Waals surface area contributed by atoms with Gasteiger partial charge in [-0.05, 0) is 38.7 Å². The number of aromatic nitrogens is 1. The second-order valence-electron chi connectivity index (χ2n) is 5.31. The van der Waals surface area contributed by atoms with Gasteiger partial charge in [0.2, 0.25) is 5.88 Å². The normalized spacial score (nSPS) is 17.6. The highest BCUT2D eigenvalue weighted by Gasteiger charge is 2.26. The van der Waals surface area contributed by atoms with E-state index in [2.05, 4.69) is 4.98 Å². The Hall–Kier alpha value is -1.33. The number of ether oxygens (including phenoxy) is 1. The van der Waals surface area contributed by atoms with Gasteiger partial charge in [-0.2, -0.15) is 0 Å². The van der Waals surface area contributed by atoms with E-state index < -0.39 is 0 Å². The summed E-state index contributed by atoms with van der Waals surface area (Å²) < 4.78 is 5.26. The van der Waals surface area contributed by atoms with Crippen LogP contribution < -0.4 is 4.74 Å². The molecule has 0 saturated carbocycles. The fraction of sp³-hybridized carbons (Fsp3) is 0.600.